The highest BCUT2D eigenvalue weighted by atomic mass is 35.5. The van der Waals surface area contributed by atoms with Crippen molar-refractivity contribution in [3.63, 3.8) is 0 Å². The Morgan fingerprint density at radius 3 is 2.39 bits per heavy atom. The van der Waals surface area contributed by atoms with E-state index in [2.05, 4.69) is 15.2 Å². The second-order valence-corrected chi connectivity index (χ2v) is 9.07. The molecule has 4 heterocycles. The van der Waals surface area contributed by atoms with Gasteiger partial charge in [-0.15, -0.1) is 10.2 Å². The Bertz CT molecular complexity index is 1690. The molecule has 0 spiro atoms. The van der Waals surface area contributed by atoms with E-state index in [1.807, 2.05) is 0 Å². The van der Waals surface area contributed by atoms with Gasteiger partial charge < -0.3 is 24.0 Å². The van der Waals surface area contributed by atoms with Gasteiger partial charge in [0.1, 0.15) is 11.3 Å². The minimum absolute atomic E-state index is 0.0244. The van der Waals surface area contributed by atoms with Crippen molar-refractivity contribution < 1.29 is 45.4 Å². The number of carbonyl (C=O) groups excluding carboxylic acids is 1. The summed E-state index contributed by atoms with van der Waals surface area (Å²) in [6.07, 6.45) is -6.40. The van der Waals surface area contributed by atoms with Gasteiger partial charge in [-0.25, -0.2) is 9.18 Å². The van der Waals surface area contributed by atoms with Crippen LogP contribution in [0.5, 0.6) is 0 Å². The van der Waals surface area contributed by atoms with Crippen molar-refractivity contribution in [3.8, 4) is 0 Å². The molecule has 0 saturated carbocycles. The number of hydrogen-bond acceptors (Lipinski definition) is 5. The van der Waals surface area contributed by atoms with Crippen LogP contribution in [-0.4, -0.2) is 58.8 Å². The van der Waals surface area contributed by atoms with Gasteiger partial charge in [0.25, 0.3) is 11.5 Å². The normalized spacial score (nSPS) is 13.5. The number of H-pyrrole nitrogens is 1. The Morgan fingerprint density at radius 2 is 1.76 bits per heavy atom. The fourth-order valence-corrected chi connectivity index (χ4v) is 4.24. The Kier molecular flexibility index (Phi) is 7.84. The van der Waals surface area contributed by atoms with Crippen LogP contribution in [0, 0.1) is 5.82 Å². The monoisotopic (exact) mass is 608 g/mol. The summed E-state index contributed by atoms with van der Waals surface area (Å²) < 4.78 is 88.0. The zero-order valence-corrected chi connectivity index (χ0v) is 21.0. The molecule has 2 N–H and O–H groups in total. The molecular weight excluding hydrogens is 593 g/mol. The number of carbonyl (C=O) groups is 2. The second-order valence-electron chi connectivity index (χ2n) is 8.63. The smallest absolute Gasteiger partial charge is 0.475 e. The lowest BCUT2D eigenvalue weighted by Gasteiger charge is -2.28. The van der Waals surface area contributed by atoms with Gasteiger partial charge in [-0.3, -0.25) is 9.59 Å². The number of fused-ring (bicyclic) bond motifs is 2. The first-order chi connectivity index (χ1) is 19.1. The summed E-state index contributed by atoms with van der Waals surface area (Å²) in [5.41, 5.74) is 1.04. The summed E-state index contributed by atoms with van der Waals surface area (Å²) in [5, 5.41) is 14.2. The Labute approximate surface area is 228 Å². The average molecular weight is 609 g/mol. The SMILES string of the molecule is O=C(O)C(F)(F)F.O=C(c1cc(Cc2c[nH]c(=O)c3cc(Cl)cn23)ccc1F)N1CCn2c(nnc2C(F)(F)F)C1. The van der Waals surface area contributed by atoms with Gasteiger partial charge >= 0.3 is 18.3 Å². The highest BCUT2D eigenvalue weighted by Crippen LogP contribution is 2.30. The van der Waals surface area contributed by atoms with E-state index < -0.39 is 35.9 Å². The number of amides is 1. The van der Waals surface area contributed by atoms with Gasteiger partial charge in [0.15, 0.2) is 5.82 Å². The molecule has 10 nitrogen and oxygen atoms in total. The highest BCUT2D eigenvalue weighted by molar-refractivity contribution is 6.31. The number of carboxylic acid groups (broad SMARTS) is 1. The summed E-state index contributed by atoms with van der Waals surface area (Å²) in [5.74, 6) is -5.33. The molecule has 0 unspecified atom stereocenters. The van der Waals surface area contributed by atoms with Crippen molar-refractivity contribution in [3.05, 3.63) is 86.3 Å². The van der Waals surface area contributed by atoms with Gasteiger partial charge in [-0.2, -0.15) is 26.3 Å². The predicted octanol–water partition coefficient (Wildman–Crippen LogP) is 3.91. The first kappa shape index (κ1) is 29.6. The van der Waals surface area contributed by atoms with E-state index in [1.165, 1.54) is 29.3 Å². The standard InChI is InChI=1S/C21H15ClF4N6O2.C2HF3O2/c22-12-7-16-18(33)27-8-13(32(16)9-12)5-11-1-2-15(23)14(6-11)19(34)30-3-4-31-17(10-30)28-29-20(31)21(24,25)26;3-2(4,5)1(6)7/h1-2,6-9H,3-5,10H2,(H,27,33);(H,6,7). The summed E-state index contributed by atoms with van der Waals surface area (Å²) >= 11 is 6.02. The molecule has 1 amide bonds. The Balaban J connectivity index is 0.000000493. The van der Waals surface area contributed by atoms with Crippen LogP contribution in [0.25, 0.3) is 5.52 Å². The number of aromatic amines is 1. The minimum atomic E-state index is -5.08. The number of hydrogen-bond donors (Lipinski definition) is 2. The molecule has 41 heavy (non-hydrogen) atoms. The molecule has 18 heteroatoms. The van der Waals surface area contributed by atoms with Gasteiger partial charge in [0.05, 0.1) is 17.1 Å². The van der Waals surface area contributed by atoms with Crippen LogP contribution in [0.3, 0.4) is 0 Å². The number of rotatable bonds is 3. The lowest BCUT2D eigenvalue weighted by atomic mass is 10.0. The molecule has 0 radical (unpaired) electrons. The van der Waals surface area contributed by atoms with Crippen LogP contribution in [-0.2, 0) is 30.5 Å². The van der Waals surface area contributed by atoms with E-state index in [9.17, 15) is 40.3 Å². The lowest BCUT2D eigenvalue weighted by Crippen LogP contribution is -2.39. The van der Waals surface area contributed by atoms with Gasteiger partial charge in [0.2, 0.25) is 5.82 Å². The number of nitrogens with zero attached hydrogens (tertiary/aromatic N) is 5. The second kappa shape index (κ2) is 10.9. The summed E-state index contributed by atoms with van der Waals surface area (Å²) in [6, 6.07) is 5.57. The third-order valence-electron chi connectivity index (χ3n) is 5.88. The summed E-state index contributed by atoms with van der Waals surface area (Å²) in [6.45, 7) is -0.443. The zero-order valence-electron chi connectivity index (χ0n) is 20.2. The van der Waals surface area contributed by atoms with Crippen molar-refractivity contribution in [2.45, 2.75) is 31.9 Å². The molecule has 0 aliphatic carbocycles. The van der Waals surface area contributed by atoms with Crippen molar-refractivity contribution in [2.24, 2.45) is 0 Å². The number of alkyl halides is 6. The summed E-state index contributed by atoms with van der Waals surface area (Å²) in [7, 11) is 0. The first-order valence-corrected chi connectivity index (χ1v) is 11.7. The first-order valence-electron chi connectivity index (χ1n) is 11.3. The molecule has 3 aromatic heterocycles. The average Bonchev–Trinajstić information content (AvgIpc) is 3.50. The van der Waals surface area contributed by atoms with Crippen LogP contribution < -0.4 is 5.56 Å². The molecule has 218 valence electrons. The van der Waals surface area contributed by atoms with E-state index in [4.69, 9.17) is 21.5 Å². The number of benzene rings is 1. The van der Waals surface area contributed by atoms with Crippen molar-refractivity contribution in [2.75, 3.05) is 6.54 Å². The van der Waals surface area contributed by atoms with Crippen LogP contribution in [0.4, 0.5) is 30.7 Å². The van der Waals surface area contributed by atoms with Crippen LogP contribution in [0.15, 0.2) is 41.5 Å². The lowest BCUT2D eigenvalue weighted by molar-refractivity contribution is -0.192. The Morgan fingerprint density at radius 1 is 1.07 bits per heavy atom. The van der Waals surface area contributed by atoms with Crippen molar-refractivity contribution >= 4 is 29.0 Å². The molecule has 1 aliphatic heterocycles. The minimum Gasteiger partial charge on any atom is -0.475 e. The largest absolute Gasteiger partial charge is 0.490 e. The third-order valence-corrected chi connectivity index (χ3v) is 6.09. The molecule has 1 aliphatic rings. The van der Waals surface area contributed by atoms with E-state index in [1.54, 1.807) is 10.6 Å². The number of carboxylic acids is 1. The molecule has 0 saturated heterocycles. The number of aromatic nitrogens is 5. The molecule has 0 bridgehead atoms. The van der Waals surface area contributed by atoms with E-state index in [0.29, 0.717) is 21.8 Å². The molecular formula is C23H16ClF7N6O4. The topological polar surface area (TPSA) is 126 Å². The van der Waals surface area contributed by atoms with Crippen molar-refractivity contribution in [1.82, 2.24) is 29.0 Å². The molecule has 4 aromatic rings. The Hall–Kier alpha value is -4.41. The highest BCUT2D eigenvalue weighted by Gasteiger charge is 2.40. The van der Waals surface area contributed by atoms with E-state index in [-0.39, 0.29) is 43.0 Å². The van der Waals surface area contributed by atoms with E-state index in [0.717, 1.165) is 10.6 Å². The predicted molar refractivity (Wildman–Crippen MR) is 126 cm³/mol. The van der Waals surface area contributed by atoms with Crippen molar-refractivity contribution in [1.29, 1.82) is 0 Å². The maximum absolute atomic E-state index is 14.6. The fraction of sp³-hybridized carbons (Fsp3) is 0.261. The summed E-state index contributed by atoms with van der Waals surface area (Å²) in [4.78, 5) is 37.8. The molecule has 0 atom stereocenters. The van der Waals surface area contributed by atoms with Crippen LogP contribution in [0.1, 0.15) is 33.3 Å². The third kappa shape index (κ3) is 6.34. The van der Waals surface area contributed by atoms with Gasteiger partial charge in [0, 0.05) is 37.6 Å². The zero-order chi connectivity index (χ0) is 30.3. The maximum Gasteiger partial charge on any atom is 0.490 e. The number of nitrogens with one attached hydrogen (secondary N) is 1. The van der Waals surface area contributed by atoms with Crippen LogP contribution >= 0.6 is 11.6 Å². The number of aliphatic carboxylic acids is 1. The molecule has 5 rings (SSSR count). The van der Waals surface area contributed by atoms with Crippen LogP contribution in [0.2, 0.25) is 5.02 Å². The van der Waals surface area contributed by atoms with E-state index >= 15 is 0 Å². The fourth-order valence-electron chi connectivity index (χ4n) is 4.04. The van der Waals surface area contributed by atoms with Gasteiger partial charge in [-0.1, -0.05) is 17.7 Å². The molecule has 0 fully saturated rings. The van der Waals surface area contributed by atoms with Gasteiger partial charge in [-0.05, 0) is 23.8 Å². The number of halogens is 8. The molecule has 1 aromatic carbocycles. The maximum atomic E-state index is 14.6. The quantitative estimate of drug-likeness (QED) is 0.340.